The first-order valence-electron chi connectivity index (χ1n) is 8.75. The average molecular weight is 368 g/mol. The number of anilines is 1. The minimum atomic E-state index is -0.596. The van der Waals surface area contributed by atoms with E-state index in [1.807, 2.05) is 12.1 Å². The fourth-order valence-corrected chi connectivity index (χ4v) is 3.32. The molecule has 0 saturated carbocycles. The van der Waals surface area contributed by atoms with Crippen LogP contribution in [-0.2, 0) is 4.74 Å². The smallest absolute Gasteiger partial charge is 0.274 e. The van der Waals surface area contributed by atoms with Crippen molar-refractivity contribution < 1.29 is 19.2 Å². The topological polar surface area (TPSA) is 101 Å². The van der Waals surface area contributed by atoms with Gasteiger partial charge in [-0.25, -0.2) is 15.4 Å². The molecule has 1 fully saturated rings. The van der Waals surface area contributed by atoms with E-state index in [9.17, 15) is 4.79 Å². The normalized spacial score (nSPS) is 20.0. The minimum Gasteiger partial charge on any atom is -0.436 e. The van der Waals surface area contributed by atoms with Gasteiger partial charge in [0.25, 0.3) is 5.91 Å². The number of ether oxygens (including phenoxy) is 1. The molecular formula is C19H20N4O4. The van der Waals surface area contributed by atoms with Gasteiger partial charge in [-0.15, -0.1) is 0 Å². The van der Waals surface area contributed by atoms with Crippen molar-refractivity contribution in [1.82, 2.24) is 15.4 Å². The highest BCUT2D eigenvalue weighted by molar-refractivity contribution is 5.96. The highest BCUT2D eigenvalue weighted by Crippen LogP contribution is 2.26. The van der Waals surface area contributed by atoms with E-state index in [0.717, 1.165) is 24.5 Å². The van der Waals surface area contributed by atoms with Crippen molar-refractivity contribution in [3.63, 3.8) is 0 Å². The molecule has 2 N–H and O–H groups in total. The van der Waals surface area contributed by atoms with Crippen molar-refractivity contribution in [2.24, 2.45) is 0 Å². The summed E-state index contributed by atoms with van der Waals surface area (Å²) in [4.78, 5) is 22.7. The molecule has 0 spiro atoms. The largest absolute Gasteiger partial charge is 0.436 e. The van der Waals surface area contributed by atoms with Crippen LogP contribution in [0.25, 0.3) is 22.6 Å². The number of hydrogen-bond donors (Lipinski definition) is 2. The van der Waals surface area contributed by atoms with Crippen LogP contribution < -0.4 is 10.4 Å². The van der Waals surface area contributed by atoms with E-state index in [-0.39, 0.29) is 12.2 Å². The van der Waals surface area contributed by atoms with Gasteiger partial charge in [0.15, 0.2) is 5.58 Å². The first-order chi connectivity index (χ1) is 13.0. The minimum absolute atomic E-state index is 0.164. The number of oxazole rings is 1. The van der Waals surface area contributed by atoms with Gasteiger partial charge in [-0.3, -0.25) is 10.0 Å². The quantitative estimate of drug-likeness (QED) is 0.541. The molecule has 3 heterocycles. The van der Waals surface area contributed by atoms with Crippen LogP contribution in [0.3, 0.4) is 0 Å². The molecule has 0 aliphatic carbocycles. The number of carbonyl (C=O) groups is 1. The van der Waals surface area contributed by atoms with Gasteiger partial charge >= 0.3 is 0 Å². The third-order valence-electron chi connectivity index (χ3n) is 4.49. The van der Waals surface area contributed by atoms with Gasteiger partial charge in [-0.05, 0) is 44.2 Å². The van der Waals surface area contributed by atoms with Crippen molar-refractivity contribution in [2.75, 3.05) is 18.0 Å². The van der Waals surface area contributed by atoms with Gasteiger partial charge in [-0.2, -0.15) is 0 Å². The predicted octanol–water partition coefficient (Wildman–Crippen LogP) is 2.62. The van der Waals surface area contributed by atoms with Gasteiger partial charge in [0.2, 0.25) is 5.89 Å². The summed E-state index contributed by atoms with van der Waals surface area (Å²) < 4.78 is 11.5. The number of morpholine rings is 1. The maximum atomic E-state index is 11.5. The Morgan fingerprint density at radius 2 is 2.00 bits per heavy atom. The average Bonchev–Trinajstić information content (AvgIpc) is 3.10. The summed E-state index contributed by atoms with van der Waals surface area (Å²) in [5.74, 6) is 0.717. The monoisotopic (exact) mass is 368 g/mol. The van der Waals surface area contributed by atoms with E-state index in [4.69, 9.17) is 14.4 Å². The van der Waals surface area contributed by atoms with E-state index in [1.165, 1.54) is 0 Å². The summed E-state index contributed by atoms with van der Waals surface area (Å²) in [5, 5.41) is 8.75. The Hall–Kier alpha value is -2.97. The Morgan fingerprint density at radius 1 is 1.22 bits per heavy atom. The molecule has 1 aromatic carbocycles. The highest BCUT2D eigenvalue weighted by Gasteiger charge is 2.23. The second kappa shape index (κ2) is 6.98. The Kier molecular flexibility index (Phi) is 4.51. The number of fused-ring (bicyclic) bond motifs is 1. The number of pyridine rings is 1. The number of nitrogens with zero attached hydrogens (tertiary/aromatic N) is 3. The van der Waals surface area contributed by atoms with E-state index in [0.29, 0.717) is 22.6 Å². The molecule has 27 heavy (non-hydrogen) atoms. The first-order valence-corrected chi connectivity index (χ1v) is 8.75. The summed E-state index contributed by atoms with van der Waals surface area (Å²) in [7, 11) is 0. The molecule has 4 rings (SSSR count). The molecule has 1 saturated heterocycles. The van der Waals surface area contributed by atoms with Crippen molar-refractivity contribution in [3.05, 3.63) is 42.1 Å². The molecule has 0 radical (unpaired) electrons. The standard InChI is InChI=1S/C19H20N4O4/c1-11-9-23(10-12(2)26-11)17-6-4-14(8-20-17)19-21-15-7-13(18(24)22-25)3-5-16(15)27-19/h3-8,11-12,25H,9-10H2,1-2H3,(H,22,24). The van der Waals surface area contributed by atoms with Crippen molar-refractivity contribution in [3.8, 4) is 11.5 Å². The second-order valence-electron chi connectivity index (χ2n) is 6.71. The lowest BCUT2D eigenvalue weighted by molar-refractivity contribution is -0.00545. The molecule has 8 heteroatoms. The Labute approximate surface area is 155 Å². The number of benzene rings is 1. The molecule has 1 aliphatic rings. The van der Waals surface area contributed by atoms with Crippen molar-refractivity contribution in [1.29, 1.82) is 0 Å². The second-order valence-corrected chi connectivity index (χ2v) is 6.71. The molecule has 2 unspecified atom stereocenters. The fraction of sp³-hybridized carbons (Fsp3) is 0.316. The highest BCUT2D eigenvalue weighted by atomic mass is 16.5. The van der Waals surface area contributed by atoms with E-state index >= 15 is 0 Å². The van der Waals surface area contributed by atoms with Gasteiger partial charge in [0, 0.05) is 24.8 Å². The van der Waals surface area contributed by atoms with E-state index < -0.39 is 5.91 Å². The maximum Gasteiger partial charge on any atom is 0.274 e. The third-order valence-corrected chi connectivity index (χ3v) is 4.49. The van der Waals surface area contributed by atoms with Crippen molar-refractivity contribution in [2.45, 2.75) is 26.1 Å². The van der Waals surface area contributed by atoms with Crippen LogP contribution in [0.2, 0.25) is 0 Å². The summed E-state index contributed by atoms with van der Waals surface area (Å²) >= 11 is 0. The molecule has 1 aliphatic heterocycles. The summed E-state index contributed by atoms with van der Waals surface area (Å²) in [6.07, 6.45) is 2.06. The SMILES string of the molecule is CC1CN(c2ccc(-c3nc4cc(C(=O)NO)ccc4o3)cn2)CC(C)O1. The van der Waals surface area contributed by atoms with Crippen LogP contribution in [0.4, 0.5) is 5.82 Å². The predicted molar refractivity (Wildman–Crippen MR) is 98.7 cm³/mol. The zero-order valence-corrected chi connectivity index (χ0v) is 15.0. The van der Waals surface area contributed by atoms with Gasteiger partial charge in [0.1, 0.15) is 11.3 Å². The van der Waals surface area contributed by atoms with E-state index in [2.05, 4.69) is 28.7 Å². The number of aromatic nitrogens is 2. The first kappa shape index (κ1) is 17.4. The Bertz CT molecular complexity index is 960. The van der Waals surface area contributed by atoms with Crippen LogP contribution in [0, 0.1) is 0 Å². The molecule has 2 atom stereocenters. The molecular weight excluding hydrogens is 348 g/mol. The number of nitrogens with one attached hydrogen (secondary N) is 1. The molecule has 140 valence electrons. The Balaban J connectivity index is 1.59. The third kappa shape index (κ3) is 3.49. The zero-order valence-electron chi connectivity index (χ0n) is 15.0. The number of carbonyl (C=O) groups excluding carboxylic acids is 1. The van der Waals surface area contributed by atoms with E-state index in [1.54, 1.807) is 29.9 Å². The molecule has 3 aromatic rings. The van der Waals surface area contributed by atoms with Crippen LogP contribution in [-0.4, -0.2) is 46.4 Å². The van der Waals surface area contributed by atoms with Crippen LogP contribution in [0.1, 0.15) is 24.2 Å². The molecule has 1 amide bonds. The van der Waals surface area contributed by atoms with Crippen molar-refractivity contribution >= 4 is 22.8 Å². The van der Waals surface area contributed by atoms with Gasteiger partial charge < -0.3 is 14.1 Å². The Morgan fingerprint density at radius 3 is 2.67 bits per heavy atom. The summed E-state index contributed by atoms with van der Waals surface area (Å²) in [5.41, 5.74) is 3.74. The molecule has 2 aromatic heterocycles. The maximum absolute atomic E-state index is 11.5. The summed E-state index contributed by atoms with van der Waals surface area (Å²) in [6.45, 7) is 5.71. The lowest BCUT2D eigenvalue weighted by Crippen LogP contribution is -2.45. The zero-order chi connectivity index (χ0) is 19.0. The number of amides is 1. The number of rotatable bonds is 3. The number of hydroxylamine groups is 1. The molecule has 0 bridgehead atoms. The lowest BCUT2D eigenvalue weighted by atomic mass is 10.2. The van der Waals surface area contributed by atoms with Gasteiger partial charge in [-0.1, -0.05) is 0 Å². The lowest BCUT2D eigenvalue weighted by Gasteiger charge is -2.36. The number of hydrogen-bond acceptors (Lipinski definition) is 7. The fourth-order valence-electron chi connectivity index (χ4n) is 3.32. The molecule has 8 nitrogen and oxygen atoms in total. The van der Waals surface area contributed by atoms with Crippen LogP contribution >= 0.6 is 0 Å². The van der Waals surface area contributed by atoms with Crippen LogP contribution in [0.5, 0.6) is 0 Å². The summed E-state index contributed by atoms with van der Waals surface area (Å²) in [6, 6.07) is 8.63. The van der Waals surface area contributed by atoms with Crippen LogP contribution in [0.15, 0.2) is 40.9 Å². The van der Waals surface area contributed by atoms with Gasteiger partial charge in [0.05, 0.1) is 17.8 Å².